The molecule has 0 radical (unpaired) electrons. The minimum absolute atomic E-state index is 0.100. The molecule has 1 aliphatic rings. The maximum Gasteiger partial charge on any atom is 0.226 e. The lowest BCUT2D eigenvalue weighted by Crippen LogP contribution is -2.43. The third-order valence-corrected chi connectivity index (χ3v) is 4.18. The van der Waals surface area contributed by atoms with Gasteiger partial charge in [0.1, 0.15) is 12.1 Å². The van der Waals surface area contributed by atoms with Crippen LogP contribution in [0.15, 0.2) is 53.4 Å². The first-order chi connectivity index (χ1) is 12.3. The van der Waals surface area contributed by atoms with E-state index >= 15 is 0 Å². The first-order valence-electron chi connectivity index (χ1n) is 8.28. The number of morpholine rings is 1. The number of oxazole rings is 1. The Kier molecular flexibility index (Phi) is 4.58. The van der Waals surface area contributed by atoms with Gasteiger partial charge in [-0.25, -0.2) is 9.37 Å². The summed E-state index contributed by atoms with van der Waals surface area (Å²) in [4.78, 5) is 6.77. The van der Waals surface area contributed by atoms with Crippen LogP contribution in [0.1, 0.15) is 5.69 Å². The SMILES string of the molecule is Fc1cccc(-c2nc(CN3CCOC(Cn4cccn4)C3)co2)c1. The summed E-state index contributed by atoms with van der Waals surface area (Å²) in [6.45, 7) is 3.75. The molecule has 1 unspecified atom stereocenters. The van der Waals surface area contributed by atoms with Crippen LogP contribution in [-0.2, 0) is 17.8 Å². The smallest absolute Gasteiger partial charge is 0.226 e. The summed E-state index contributed by atoms with van der Waals surface area (Å²) in [5.41, 5.74) is 1.48. The van der Waals surface area contributed by atoms with Crippen LogP contribution in [0.3, 0.4) is 0 Å². The monoisotopic (exact) mass is 342 g/mol. The molecule has 1 aromatic carbocycles. The molecule has 1 fully saturated rings. The molecule has 3 heterocycles. The fraction of sp³-hybridized carbons (Fsp3) is 0.333. The fourth-order valence-corrected chi connectivity index (χ4v) is 3.01. The van der Waals surface area contributed by atoms with Gasteiger partial charge in [-0.1, -0.05) is 6.07 Å². The molecule has 3 aromatic rings. The minimum atomic E-state index is -0.299. The number of benzene rings is 1. The van der Waals surface area contributed by atoms with E-state index in [-0.39, 0.29) is 11.9 Å². The molecule has 1 aliphatic heterocycles. The van der Waals surface area contributed by atoms with Gasteiger partial charge in [0.2, 0.25) is 5.89 Å². The second-order valence-electron chi connectivity index (χ2n) is 6.11. The van der Waals surface area contributed by atoms with Gasteiger partial charge in [-0.2, -0.15) is 5.10 Å². The summed E-state index contributed by atoms with van der Waals surface area (Å²) < 4.78 is 26.5. The zero-order valence-corrected chi connectivity index (χ0v) is 13.7. The highest BCUT2D eigenvalue weighted by molar-refractivity contribution is 5.52. The van der Waals surface area contributed by atoms with E-state index < -0.39 is 0 Å². The van der Waals surface area contributed by atoms with Crippen molar-refractivity contribution in [3.8, 4) is 11.5 Å². The van der Waals surface area contributed by atoms with Crippen LogP contribution < -0.4 is 0 Å². The van der Waals surface area contributed by atoms with Crippen molar-refractivity contribution in [2.75, 3.05) is 19.7 Å². The van der Waals surface area contributed by atoms with E-state index in [1.807, 2.05) is 16.9 Å². The van der Waals surface area contributed by atoms with Crippen molar-refractivity contribution in [1.29, 1.82) is 0 Å². The number of hydrogen-bond donors (Lipinski definition) is 0. The Morgan fingerprint density at radius 3 is 3.08 bits per heavy atom. The van der Waals surface area contributed by atoms with Gasteiger partial charge in [-0.3, -0.25) is 9.58 Å². The van der Waals surface area contributed by atoms with E-state index in [9.17, 15) is 4.39 Å². The molecular formula is C18H19FN4O2. The molecule has 4 rings (SSSR count). The van der Waals surface area contributed by atoms with E-state index in [0.29, 0.717) is 24.6 Å². The van der Waals surface area contributed by atoms with Gasteiger partial charge in [-0.15, -0.1) is 0 Å². The molecule has 1 saturated heterocycles. The number of hydrogen-bond acceptors (Lipinski definition) is 5. The number of halogens is 1. The van der Waals surface area contributed by atoms with Crippen molar-refractivity contribution >= 4 is 0 Å². The lowest BCUT2D eigenvalue weighted by atomic mass is 10.2. The molecule has 25 heavy (non-hydrogen) atoms. The van der Waals surface area contributed by atoms with Crippen molar-refractivity contribution in [3.63, 3.8) is 0 Å². The highest BCUT2D eigenvalue weighted by Gasteiger charge is 2.22. The molecule has 130 valence electrons. The zero-order valence-electron chi connectivity index (χ0n) is 13.7. The Morgan fingerprint density at radius 1 is 1.28 bits per heavy atom. The predicted octanol–water partition coefficient (Wildman–Crippen LogP) is 2.58. The zero-order chi connectivity index (χ0) is 17.1. The molecule has 0 N–H and O–H groups in total. The molecule has 2 aromatic heterocycles. The average molecular weight is 342 g/mol. The molecule has 0 bridgehead atoms. The number of aromatic nitrogens is 3. The minimum Gasteiger partial charge on any atom is -0.444 e. The topological polar surface area (TPSA) is 56.3 Å². The largest absolute Gasteiger partial charge is 0.444 e. The number of ether oxygens (including phenoxy) is 1. The van der Waals surface area contributed by atoms with Crippen molar-refractivity contribution in [1.82, 2.24) is 19.7 Å². The van der Waals surface area contributed by atoms with Crippen molar-refractivity contribution in [2.24, 2.45) is 0 Å². The Bertz CT molecular complexity index is 818. The van der Waals surface area contributed by atoms with Crippen LogP contribution >= 0.6 is 0 Å². The van der Waals surface area contributed by atoms with E-state index in [0.717, 1.165) is 25.3 Å². The quantitative estimate of drug-likeness (QED) is 0.713. The van der Waals surface area contributed by atoms with Crippen molar-refractivity contribution < 1.29 is 13.5 Å². The first-order valence-corrected chi connectivity index (χ1v) is 8.28. The van der Waals surface area contributed by atoms with Crippen molar-refractivity contribution in [2.45, 2.75) is 19.2 Å². The molecule has 0 spiro atoms. The van der Waals surface area contributed by atoms with Crippen molar-refractivity contribution in [3.05, 3.63) is 60.5 Å². The third kappa shape index (κ3) is 3.94. The molecule has 1 atom stereocenters. The average Bonchev–Trinajstić information content (AvgIpc) is 3.27. The van der Waals surface area contributed by atoms with Crippen LogP contribution in [0.5, 0.6) is 0 Å². The lowest BCUT2D eigenvalue weighted by Gasteiger charge is -2.32. The van der Waals surface area contributed by atoms with E-state index in [1.54, 1.807) is 24.6 Å². The second kappa shape index (κ2) is 7.16. The van der Waals surface area contributed by atoms with Crippen LogP contribution in [0.25, 0.3) is 11.5 Å². The van der Waals surface area contributed by atoms with E-state index in [4.69, 9.17) is 9.15 Å². The van der Waals surface area contributed by atoms with Gasteiger partial charge in [0.15, 0.2) is 0 Å². The third-order valence-electron chi connectivity index (χ3n) is 4.18. The Labute approximate surface area is 144 Å². The van der Waals surface area contributed by atoms with E-state index in [2.05, 4.69) is 15.0 Å². The van der Waals surface area contributed by atoms with Gasteiger partial charge in [-0.05, 0) is 24.3 Å². The summed E-state index contributed by atoms with van der Waals surface area (Å²) in [6.07, 6.45) is 5.44. The fourth-order valence-electron chi connectivity index (χ4n) is 3.01. The molecule has 7 heteroatoms. The van der Waals surface area contributed by atoms with Gasteiger partial charge >= 0.3 is 0 Å². The Hall–Kier alpha value is -2.51. The van der Waals surface area contributed by atoms with Crippen LogP contribution in [0, 0.1) is 5.82 Å². The number of rotatable bonds is 5. The Balaban J connectivity index is 1.38. The Morgan fingerprint density at radius 2 is 2.24 bits per heavy atom. The maximum absolute atomic E-state index is 13.3. The molecule has 0 aliphatic carbocycles. The molecule has 0 amide bonds. The summed E-state index contributed by atoms with van der Waals surface area (Å²) in [5.74, 6) is 0.141. The standard InChI is InChI=1S/C18H19FN4O2/c19-15-4-1-3-14(9-15)18-21-16(13-25-18)10-22-7-8-24-17(11-22)12-23-6-2-5-20-23/h1-6,9,13,17H,7-8,10-12H2. The summed E-state index contributed by atoms with van der Waals surface area (Å²) in [5, 5.41) is 4.22. The van der Waals surface area contributed by atoms with Crippen LogP contribution in [-0.4, -0.2) is 45.5 Å². The van der Waals surface area contributed by atoms with Crippen LogP contribution in [0.4, 0.5) is 4.39 Å². The summed E-state index contributed by atoms with van der Waals surface area (Å²) in [7, 11) is 0. The highest BCUT2D eigenvalue weighted by Crippen LogP contribution is 2.20. The first kappa shape index (κ1) is 16.0. The molecule has 0 saturated carbocycles. The lowest BCUT2D eigenvalue weighted by molar-refractivity contribution is -0.0405. The highest BCUT2D eigenvalue weighted by atomic mass is 19.1. The normalized spacial score (nSPS) is 18.5. The molecule has 6 nitrogen and oxygen atoms in total. The maximum atomic E-state index is 13.3. The molecular weight excluding hydrogens is 323 g/mol. The second-order valence-corrected chi connectivity index (χ2v) is 6.11. The van der Waals surface area contributed by atoms with Gasteiger partial charge in [0.25, 0.3) is 0 Å². The summed E-state index contributed by atoms with van der Waals surface area (Å²) in [6, 6.07) is 8.17. The van der Waals surface area contributed by atoms with Crippen LogP contribution in [0.2, 0.25) is 0 Å². The predicted molar refractivity (Wildman–Crippen MR) is 89.1 cm³/mol. The van der Waals surface area contributed by atoms with Gasteiger partial charge in [0, 0.05) is 37.6 Å². The van der Waals surface area contributed by atoms with Gasteiger partial charge in [0.05, 0.1) is 24.9 Å². The van der Waals surface area contributed by atoms with E-state index in [1.165, 1.54) is 12.1 Å². The summed E-state index contributed by atoms with van der Waals surface area (Å²) >= 11 is 0. The van der Waals surface area contributed by atoms with Gasteiger partial charge < -0.3 is 9.15 Å². The number of nitrogens with zero attached hydrogens (tertiary/aromatic N) is 4.